The van der Waals surface area contributed by atoms with Crippen LogP contribution in [0.5, 0.6) is 5.75 Å². The minimum Gasteiger partial charge on any atom is -0.494 e. The Bertz CT molecular complexity index is 1180. The molecule has 3 aromatic rings. The number of amides is 1. The first-order chi connectivity index (χ1) is 15.7. The van der Waals surface area contributed by atoms with Crippen molar-refractivity contribution in [2.45, 2.75) is 25.9 Å². The van der Waals surface area contributed by atoms with E-state index in [1.54, 1.807) is 55.4 Å². The summed E-state index contributed by atoms with van der Waals surface area (Å²) in [6, 6.07) is 8.35. The van der Waals surface area contributed by atoms with E-state index in [0.717, 1.165) is 12.1 Å². The number of aromatic nitrogens is 2. The summed E-state index contributed by atoms with van der Waals surface area (Å²) >= 11 is 0. The quantitative estimate of drug-likeness (QED) is 0.609. The number of halogens is 3. The molecule has 0 spiro atoms. The van der Waals surface area contributed by atoms with Gasteiger partial charge < -0.3 is 14.8 Å². The summed E-state index contributed by atoms with van der Waals surface area (Å²) in [5.74, 6) is -1.48. The number of rotatable bonds is 6. The Labute approximate surface area is 188 Å². The van der Waals surface area contributed by atoms with Crippen LogP contribution in [0.4, 0.5) is 13.3 Å². The molecule has 4 rings (SSSR count). The van der Waals surface area contributed by atoms with Crippen molar-refractivity contribution in [3.63, 3.8) is 0 Å². The van der Waals surface area contributed by atoms with Gasteiger partial charge in [-0.15, -0.1) is 4.90 Å². The average Bonchev–Trinajstić information content (AvgIpc) is 3.10. The monoisotopic (exact) mass is 463 g/mol. The molecular formula is C22H24F3N5O3. The number of nitrogens with one attached hydrogen (secondary N) is 1. The molecule has 1 aliphatic rings. The second kappa shape index (κ2) is 8.93. The summed E-state index contributed by atoms with van der Waals surface area (Å²) in [6.07, 6.45) is 0.0382. The zero-order valence-electron chi connectivity index (χ0n) is 18.6. The molecule has 1 N–H and O–H groups in total. The molecule has 2 heterocycles. The Morgan fingerprint density at radius 1 is 1.15 bits per heavy atom. The molecule has 1 saturated heterocycles. The van der Waals surface area contributed by atoms with E-state index in [4.69, 9.17) is 9.47 Å². The van der Waals surface area contributed by atoms with Crippen molar-refractivity contribution in [3.8, 4) is 11.4 Å². The Hall–Kier alpha value is -3.28. The lowest BCUT2D eigenvalue weighted by molar-refractivity contribution is -0.138. The third-order valence-corrected chi connectivity index (χ3v) is 5.65. The summed E-state index contributed by atoms with van der Waals surface area (Å²) in [5, 5.41) is 5.95. The fourth-order valence-corrected chi connectivity index (χ4v) is 3.68. The van der Waals surface area contributed by atoms with Gasteiger partial charge in [0.15, 0.2) is 6.23 Å². The van der Waals surface area contributed by atoms with Crippen LogP contribution in [0.1, 0.15) is 23.0 Å². The fraction of sp³-hybridized carbons (Fsp3) is 0.318. The van der Waals surface area contributed by atoms with Gasteiger partial charge in [0, 0.05) is 37.8 Å². The van der Waals surface area contributed by atoms with E-state index in [-0.39, 0.29) is 12.1 Å². The van der Waals surface area contributed by atoms with Gasteiger partial charge in [-0.05, 0) is 25.1 Å². The Balaban J connectivity index is 1.49. The Kier molecular flexibility index (Phi) is 6.19. The highest BCUT2D eigenvalue weighted by atomic mass is 19.2. The van der Waals surface area contributed by atoms with E-state index in [9.17, 15) is 18.1 Å². The minimum atomic E-state index is -0.975. The number of carbonyl (C=O) groups excluding carboxylic acids is 1. The molecule has 1 aromatic heterocycles. The Morgan fingerprint density at radius 2 is 1.91 bits per heavy atom. The molecule has 0 bridgehead atoms. The van der Waals surface area contributed by atoms with Crippen molar-refractivity contribution in [3.05, 3.63) is 71.1 Å². The maximum atomic E-state index is 14.0. The topological polar surface area (TPSA) is 63.9 Å². The fourth-order valence-electron chi connectivity index (χ4n) is 3.68. The number of carbonyl (C=O) groups is 1. The molecule has 11 heteroatoms. The van der Waals surface area contributed by atoms with Crippen molar-refractivity contribution in [1.82, 2.24) is 24.9 Å². The molecule has 0 aliphatic carbocycles. The number of hydrazine groups is 1. The first-order valence-electron chi connectivity index (χ1n) is 10.2. The lowest BCUT2D eigenvalue weighted by Crippen LogP contribution is -2.45. The number of methoxy groups -OCH3 is 1. The maximum Gasteiger partial charge on any atom is 0.266 e. The smallest absolute Gasteiger partial charge is 0.266 e. The lowest BCUT2D eigenvalue weighted by Gasteiger charge is -2.25. The molecule has 0 radical (unpaired) electrons. The molecule has 2 atom stereocenters. The summed E-state index contributed by atoms with van der Waals surface area (Å²) in [7, 11) is 4.92. The molecule has 33 heavy (non-hydrogen) atoms. The predicted molar refractivity (Wildman–Crippen MR) is 113 cm³/mol. The number of likely N-dealkylation sites (N-methyl/N-ethyl adjacent to an activating group) is 1. The Morgan fingerprint density at radius 3 is 2.55 bits per heavy atom. The number of aryl methyl sites for hydroxylation is 1. The van der Waals surface area contributed by atoms with E-state index in [0.29, 0.717) is 27.6 Å². The van der Waals surface area contributed by atoms with Gasteiger partial charge in [-0.1, -0.05) is 16.6 Å². The second-order valence-corrected chi connectivity index (χ2v) is 7.75. The van der Waals surface area contributed by atoms with E-state index in [2.05, 4.69) is 5.32 Å². The zero-order valence-corrected chi connectivity index (χ0v) is 18.6. The molecular weight excluding hydrogens is 439 g/mol. The van der Waals surface area contributed by atoms with Gasteiger partial charge in [0.25, 0.3) is 5.91 Å². The molecule has 1 fully saturated rings. The van der Waals surface area contributed by atoms with Gasteiger partial charge in [0.05, 0.1) is 19.0 Å². The highest BCUT2D eigenvalue weighted by Gasteiger charge is 2.41. The molecule has 2 unspecified atom stereocenters. The summed E-state index contributed by atoms with van der Waals surface area (Å²) in [5.41, 5.74) is 1.83. The number of hydrogen-bond acceptors (Lipinski definition) is 5. The minimum absolute atomic E-state index is 0.113. The molecule has 2 aromatic carbocycles. The van der Waals surface area contributed by atoms with E-state index >= 15 is 0 Å². The second-order valence-electron chi connectivity index (χ2n) is 7.75. The van der Waals surface area contributed by atoms with Crippen molar-refractivity contribution in [1.29, 1.82) is 0 Å². The van der Waals surface area contributed by atoms with Crippen LogP contribution in [-0.4, -0.2) is 52.9 Å². The summed E-state index contributed by atoms with van der Waals surface area (Å²) < 4.78 is 53.6. The SMILES string of the molecule is COc1cc(C2OC(C(=O)NCc3ccc(F)cc3F)N(C)N2C)ccc1-n1cc(C)n1F. The number of ether oxygens (including phenoxy) is 2. The van der Waals surface area contributed by atoms with Crippen LogP contribution in [0.25, 0.3) is 5.69 Å². The van der Waals surface area contributed by atoms with E-state index < -0.39 is 30.0 Å². The van der Waals surface area contributed by atoms with Gasteiger partial charge in [-0.3, -0.25) is 4.79 Å². The van der Waals surface area contributed by atoms with Crippen molar-refractivity contribution in [2.75, 3.05) is 21.2 Å². The normalized spacial score (nSPS) is 19.2. The first-order valence-corrected chi connectivity index (χ1v) is 10.2. The third-order valence-electron chi connectivity index (χ3n) is 5.65. The van der Waals surface area contributed by atoms with Crippen molar-refractivity contribution >= 4 is 5.91 Å². The first kappa shape index (κ1) is 22.9. The van der Waals surface area contributed by atoms with Gasteiger partial charge in [-0.2, -0.15) is 0 Å². The van der Waals surface area contributed by atoms with Gasteiger partial charge in [-0.25, -0.2) is 23.5 Å². The van der Waals surface area contributed by atoms with Crippen LogP contribution in [0.2, 0.25) is 0 Å². The molecule has 176 valence electrons. The molecule has 8 nitrogen and oxygen atoms in total. The van der Waals surface area contributed by atoms with Gasteiger partial charge in [0.1, 0.15) is 23.1 Å². The summed E-state index contributed by atoms with van der Waals surface area (Å²) in [6.45, 7) is 1.53. The summed E-state index contributed by atoms with van der Waals surface area (Å²) in [4.78, 5) is 13.2. The van der Waals surface area contributed by atoms with Gasteiger partial charge in [0.2, 0.25) is 6.23 Å². The molecule has 0 saturated carbocycles. The van der Waals surface area contributed by atoms with E-state index in [1.807, 2.05) is 0 Å². The highest BCUT2D eigenvalue weighted by Crippen LogP contribution is 2.35. The maximum absolute atomic E-state index is 14.0. The van der Waals surface area contributed by atoms with Gasteiger partial charge >= 0.3 is 0 Å². The number of benzene rings is 2. The third kappa shape index (κ3) is 4.22. The number of hydrogen-bond donors (Lipinski definition) is 1. The van der Waals surface area contributed by atoms with Crippen LogP contribution in [0.3, 0.4) is 0 Å². The lowest BCUT2D eigenvalue weighted by atomic mass is 10.1. The van der Waals surface area contributed by atoms with Crippen LogP contribution in [0, 0.1) is 18.6 Å². The highest BCUT2D eigenvalue weighted by molar-refractivity contribution is 5.80. The predicted octanol–water partition coefficient (Wildman–Crippen LogP) is 3.06. The van der Waals surface area contributed by atoms with Crippen molar-refractivity contribution in [2.24, 2.45) is 0 Å². The van der Waals surface area contributed by atoms with Crippen LogP contribution in [-0.2, 0) is 16.1 Å². The molecule has 1 aliphatic heterocycles. The largest absolute Gasteiger partial charge is 0.494 e. The van der Waals surface area contributed by atoms with E-state index in [1.165, 1.54) is 17.9 Å². The zero-order chi connectivity index (χ0) is 23.9. The average molecular weight is 463 g/mol. The number of nitrogens with zero attached hydrogens (tertiary/aromatic N) is 4. The molecule has 1 amide bonds. The van der Waals surface area contributed by atoms with Crippen molar-refractivity contribution < 1.29 is 27.5 Å². The van der Waals surface area contributed by atoms with Crippen LogP contribution in [0.15, 0.2) is 42.6 Å². The van der Waals surface area contributed by atoms with Crippen LogP contribution < -0.4 is 10.1 Å². The van der Waals surface area contributed by atoms with Crippen LogP contribution >= 0.6 is 0 Å². The standard InChI is InChI=1S/C22H24F3N5O3/c1-13-12-29(30(13)25)18-8-6-14(9-19(18)32-4)21-27(2)28(3)22(33-21)20(31)26-11-15-5-7-16(23)10-17(15)24/h5-10,12,21-22H,11H2,1-4H3,(H,26,31).